The van der Waals surface area contributed by atoms with Gasteiger partial charge in [-0.2, -0.15) is 0 Å². The molecule has 1 N–H and O–H groups in total. The molecule has 0 aliphatic carbocycles. The molecule has 1 aromatic rings. The number of rotatable bonds is 3. The SMILES string of the molecule is CC(=O)c1ccc(C=CC(=O)O)cc1Cl. The van der Waals surface area contributed by atoms with Crippen LogP contribution in [-0.2, 0) is 4.79 Å². The fourth-order valence-electron chi connectivity index (χ4n) is 1.09. The quantitative estimate of drug-likeness (QED) is 0.634. The van der Waals surface area contributed by atoms with Crippen LogP contribution in [0.15, 0.2) is 24.3 Å². The number of carbonyl (C=O) groups is 2. The molecule has 1 rings (SSSR count). The molecule has 0 aliphatic heterocycles. The van der Waals surface area contributed by atoms with Crippen LogP contribution < -0.4 is 0 Å². The predicted octanol–water partition coefficient (Wildman–Crippen LogP) is 2.64. The third-order valence-electron chi connectivity index (χ3n) is 1.79. The van der Waals surface area contributed by atoms with E-state index >= 15 is 0 Å². The minimum Gasteiger partial charge on any atom is -0.478 e. The van der Waals surface area contributed by atoms with Gasteiger partial charge in [0, 0.05) is 11.6 Å². The van der Waals surface area contributed by atoms with Crippen molar-refractivity contribution in [3.63, 3.8) is 0 Å². The Labute approximate surface area is 92.0 Å². The summed E-state index contributed by atoms with van der Waals surface area (Å²) >= 11 is 5.84. The molecule has 0 spiro atoms. The number of carbonyl (C=O) groups excluding carboxylic acids is 1. The molecule has 78 valence electrons. The molecule has 4 heteroatoms. The molecule has 0 aliphatic rings. The Hall–Kier alpha value is -1.61. The Balaban J connectivity index is 3.01. The minimum atomic E-state index is -1.03. The molecule has 0 amide bonds. The van der Waals surface area contributed by atoms with E-state index in [0.717, 1.165) is 6.08 Å². The molecule has 0 fully saturated rings. The van der Waals surface area contributed by atoms with Gasteiger partial charge in [0.2, 0.25) is 0 Å². The van der Waals surface area contributed by atoms with Crippen LogP contribution in [0.2, 0.25) is 5.02 Å². The van der Waals surface area contributed by atoms with E-state index in [1.165, 1.54) is 13.0 Å². The Morgan fingerprint density at radius 2 is 2.07 bits per heavy atom. The van der Waals surface area contributed by atoms with Crippen molar-refractivity contribution in [2.75, 3.05) is 0 Å². The molecule has 1 aromatic carbocycles. The Kier molecular flexibility index (Phi) is 3.63. The zero-order valence-corrected chi connectivity index (χ0v) is 8.78. The van der Waals surface area contributed by atoms with Crippen molar-refractivity contribution in [1.29, 1.82) is 0 Å². The van der Waals surface area contributed by atoms with Gasteiger partial charge in [0.1, 0.15) is 0 Å². The molecular weight excluding hydrogens is 216 g/mol. The highest BCUT2D eigenvalue weighted by Gasteiger charge is 2.04. The van der Waals surface area contributed by atoms with Gasteiger partial charge in [-0.3, -0.25) is 4.79 Å². The fourth-order valence-corrected chi connectivity index (χ4v) is 1.41. The van der Waals surface area contributed by atoms with E-state index < -0.39 is 5.97 Å². The van der Waals surface area contributed by atoms with Gasteiger partial charge in [-0.15, -0.1) is 0 Å². The Morgan fingerprint density at radius 1 is 1.40 bits per heavy atom. The third kappa shape index (κ3) is 3.22. The lowest BCUT2D eigenvalue weighted by Gasteiger charge is -2.00. The molecule has 0 bridgehead atoms. The van der Waals surface area contributed by atoms with Crippen molar-refractivity contribution in [2.24, 2.45) is 0 Å². The smallest absolute Gasteiger partial charge is 0.328 e. The van der Waals surface area contributed by atoms with Crippen LogP contribution >= 0.6 is 11.6 Å². The summed E-state index contributed by atoms with van der Waals surface area (Å²) < 4.78 is 0. The van der Waals surface area contributed by atoms with Gasteiger partial charge in [-0.05, 0) is 30.7 Å². The highest BCUT2D eigenvalue weighted by atomic mass is 35.5. The second-order valence-corrected chi connectivity index (χ2v) is 3.37. The van der Waals surface area contributed by atoms with Crippen molar-refractivity contribution in [2.45, 2.75) is 6.92 Å². The highest BCUT2D eigenvalue weighted by Crippen LogP contribution is 2.19. The van der Waals surface area contributed by atoms with Gasteiger partial charge < -0.3 is 5.11 Å². The standard InChI is InChI=1S/C11H9ClO3/c1-7(13)9-4-2-8(6-10(9)12)3-5-11(14)15/h2-6H,1H3,(H,14,15). The Bertz CT molecular complexity index is 435. The van der Waals surface area contributed by atoms with Crippen molar-refractivity contribution in [3.8, 4) is 0 Å². The molecular formula is C11H9ClO3. The zero-order valence-electron chi connectivity index (χ0n) is 8.03. The fraction of sp³-hybridized carbons (Fsp3) is 0.0909. The second-order valence-electron chi connectivity index (χ2n) is 2.97. The lowest BCUT2D eigenvalue weighted by Crippen LogP contribution is -1.93. The monoisotopic (exact) mass is 224 g/mol. The first kappa shape index (κ1) is 11.5. The van der Waals surface area contributed by atoms with Crippen molar-refractivity contribution >= 4 is 29.4 Å². The summed E-state index contributed by atoms with van der Waals surface area (Å²) in [6.45, 7) is 1.42. The van der Waals surface area contributed by atoms with E-state index in [-0.39, 0.29) is 5.78 Å². The third-order valence-corrected chi connectivity index (χ3v) is 2.10. The van der Waals surface area contributed by atoms with Crippen LogP contribution in [-0.4, -0.2) is 16.9 Å². The summed E-state index contributed by atoms with van der Waals surface area (Å²) in [5, 5.41) is 8.74. The summed E-state index contributed by atoms with van der Waals surface area (Å²) in [7, 11) is 0. The average molecular weight is 225 g/mol. The van der Waals surface area contributed by atoms with E-state index in [0.29, 0.717) is 16.1 Å². The molecule has 0 saturated carbocycles. The zero-order chi connectivity index (χ0) is 11.4. The Morgan fingerprint density at radius 3 is 2.53 bits per heavy atom. The van der Waals surface area contributed by atoms with Crippen LogP contribution in [0.4, 0.5) is 0 Å². The van der Waals surface area contributed by atoms with Crippen LogP contribution in [0.25, 0.3) is 6.08 Å². The average Bonchev–Trinajstić information content (AvgIpc) is 2.14. The van der Waals surface area contributed by atoms with Crippen molar-refractivity contribution < 1.29 is 14.7 Å². The van der Waals surface area contributed by atoms with Gasteiger partial charge in [0.15, 0.2) is 5.78 Å². The largest absolute Gasteiger partial charge is 0.478 e. The number of carboxylic acid groups (broad SMARTS) is 1. The van der Waals surface area contributed by atoms with E-state index in [1.807, 2.05) is 0 Å². The van der Waals surface area contributed by atoms with Gasteiger partial charge in [0.25, 0.3) is 0 Å². The second kappa shape index (κ2) is 4.75. The van der Waals surface area contributed by atoms with Crippen LogP contribution in [0.3, 0.4) is 0 Å². The first-order valence-corrected chi connectivity index (χ1v) is 4.60. The minimum absolute atomic E-state index is 0.117. The maximum atomic E-state index is 11.0. The molecule has 3 nitrogen and oxygen atoms in total. The molecule has 15 heavy (non-hydrogen) atoms. The lowest BCUT2D eigenvalue weighted by atomic mass is 10.1. The van der Waals surface area contributed by atoms with Crippen molar-refractivity contribution in [3.05, 3.63) is 40.4 Å². The molecule has 0 unspecified atom stereocenters. The summed E-state index contributed by atoms with van der Waals surface area (Å²) in [6.07, 6.45) is 2.43. The number of benzene rings is 1. The first-order chi connectivity index (χ1) is 7.00. The maximum absolute atomic E-state index is 11.0. The van der Waals surface area contributed by atoms with Gasteiger partial charge in [-0.25, -0.2) is 4.79 Å². The molecule has 0 radical (unpaired) electrons. The number of Topliss-reactive ketones (excluding diaryl/α,β-unsaturated/α-hetero) is 1. The van der Waals surface area contributed by atoms with Crippen LogP contribution in [0.5, 0.6) is 0 Å². The summed E-state index contributed by atoms with van der Waals surface area (Å²) in [5.41, 5.74) is 1.08. The predicted molar refractivity (Wildman–Crippen MR) is 58.1 cm³/mol. The van der Waals surface area contributed by atoms with Gasteiger partial charge in [-0.1, -0.05) is 17.7 Å². The van der Waals surface area contributed by atoms with E-state index in [1.54, 1.807) is 18.2 Å². The summed E-state index contributed by atoms with van der Waals surface area (Å²) in [6, 6.07) is 4.77. The number of carboxylic acids is 1. The molecule has 0 heterocycles. The molecule has 0 aromatic heterocycles. The topological polar surface area (TPSA) is 54.4 Å². The molecule has 0 saturated heterocycles. The first-order valence-electron chi connectivity index (χ1n) is 4.22. The van der Waals surface area contributed by atoms with E-state index in [2.05, 4.69) is 0 Å². The van der Waals surface area contributed by atoms with Gasteiger partial charge >= 0.3 is 5.97 Å². The number of ketones is 1. The van der Waals surface area contributed by atoms with Gasteiger partial charge in [0.05, 0.1) is 5.02 Å². The summed E-state index contributed by atoms with van der Waals surface area (Å²) in [5.74, 6) is -1.14. The maximum Gasteiger partial charge on any atom is 0.328 e. The number of halogens is 1. The van der Waals surface area contributed by atoms with Crippen LogP contribution in [0, 0.1) is 0 Å². The number of hydrogen-bond donors (Lipinski definition) is 1. The van der Waals surface area contributed by atoms with Crippen LogP contribution in [0.1, 0.15) is 22.8 Å². The lowest BCUT2D eigenvalue weighted by molar-refractivity contribution is -0.131. The highest BCUT2D eigenvalue weighted by molar-refractivity contribution is 6.34. The normalized spacial score (nSPS) is 10.5. The van der Waals surface area contributed by atoms with E-state index in [4.69, 9.17) is 16.7 Å². The van der Waals surface area contributed by atoms with Crippen molar-refractivity contribution in [1.82, 2.24) is 0 Å². The summed E-state index contributed by atoms with van der Waals surface area (Å²) in [4.78, 5) is 21.3. The number of aliphatic carboxylic acids is 1. The number of hydrogen-bond acceptors (Lipinski definition) is 2. The van der Waals surface area contributed by atoms with E-state index in [9.17, 15) is 9.59 Å². The molecule has 0 atom stereocenters.